The second-order valence-corrected chi connectivity index (χ2v) is 8.45. The molecule has 0 radical (unpaired) electrons. The summed E-state index contributed by atoms with van der Waals surface area (Å²) in [6, 6.07) is 5.59. The Balaban J connectivity index is 1.72. The van der Waals surface area contributed by atoms with E-state index in [4.69, 9.17) is 21.1 Å². The lowest BCUT2D eigenvalue weighted by atomic mass is 9.94. The van der Waals surface area contributed by atoms with Gasteiger partial charge in [0.25, 0.3) is 0 Å². The highest BCUT2D eigenvalue weighted by molar-refractivity contribution is 9.10. The molecular formula is C18H25BrClNO3. The van der Waals surface area contributed by atoms with E-state index in [-0.39, 0.29) is 6.09 Å². The molecule has 134 valence electrons. The predicted octanol–water partition coefficient (Wildman–Crippen LogP) is 5.52. The van der Waals surface area contributed by atoms with Crippen LogP contribution in [0.2, 0.25) is 5.02 Å². The van der Waals surface area contributed by atoms with Gasteiger partial charge in [0.1, 0.15) is 11.4 Å². The first kappa shape index (κ1) is 19.4. The number of hydrogen-bond acceptors (Lipinski definition) is 3. The van der Waals surface area contributed by atoms with Crippen LogP contribution in [0, 0.1) is 5.92 Å². The fraction of sp³-hybridized carbons (Fsp3) is 0.611. The van der Waals surface area contributed by atoms with E-state index in [1.807, 2.05) is 39.0 Å². The molecule has 1 aliphatic rings. The summed E-state index contributed by atoms with van der Waals surface area (Å²) in [7, 11) is 0. The average Bonchev–Trinajstić information content (AvgIpc) is 2.49. The third kappa shape index (κ3) is 6.17. The summed E-state index contributed by atoms with van der Waals surface area (Å²) < 4.78 is 12.2. The summed E-state index contributed by atoms with van der Waals surface area (Å²) in [6.07, 6.45) is 2.72. The zero-order valence-corrected chi connectivity index (χ0v) is 16.8. The minimum atomic E-state index is -0.439. The lowest BCUT2D eigenvalue weighted by Gasteiger charge is -2.33. The fourth-order valence-electron chi connectivity index (χ4n) is 2.65. The quantitative estimate of drug-likeness (QED) is 0.646. The molecule has 0 bridgehead atoms. The van der Waals surface area contributed by atoms with Gasteiger partial charge < -0.3 is 14.4 Å². The van der Waals surface area contributed by atoms with Gasteiger partial charge in [0.05, 0.1) is 11.6 Å². The topological polar surface area (TPSA) is 38.8 Å². The van der Waals surface area contributed by atoms with Gasteiger partial charge in [-0.15, -0.1) is 0 Å². The number of likely N-dealkylation sites (tertiary alicyclic amines) is 1. The molecular weight excluding hydrogens is 394 g/mol. The van der Waals surface area contributed by atoms with Crippen molar-refractivity contribution in [3.63, 3.8) is 0 Å². The van der Waals surface area contributed by atoms with Gasteiger partial charge in [-0.1, -0.05) is 27.5 Å². The van der Waals surface area contributed by atoms with Crippen LogP contribution in [0.15, 0.2) is 22.7 Å². The van der Waals surface area contributed by atoms with Gasteiger partial charge >= 0.3 is 6.09 Å². The smallest absolute Gasteiger partial charge is 0.410 e. The standard InChI is InChI=1S/C18H25BrClNO3/c1-18(2,3)24-17(22)21-9-6-13(7-10-21)8-11-23-16-12-14(19)4-5-15(16)20/h4-5,12-13H,6-11H2,1-3H3. The van der Waals surface area contributed by atoms with Gasteiger partial charge in [0, 0.05) is 17.6 Å². The Bertz CT molecular complexity index is 566. The Morgan fingerprint density at radius 1 is 1.33 bits per heavy atom. The van der Waals surface area contributed by atoms with Crippen LogP contribution in [0.1, 0.15) is 40.0 Å². The van der Waals surface area contributed by atoms with Crippen molar-refractivity contribution in [1.29, 1.82) is 0 Å². The summed E-state index contributed by atoms with van der Waals surface area (Å²) >= 11 is 9.54. The zero-order valence-electron chi connectivity index (χ0n) is 14.5. The Morgan fingerprint density at radius 3 is 2.62 bits per heavy atom. The number of piperidine rings is 1. The van der Waals surface area contributed by atoms with Crippen molar-refractivity contribution < 1.29 is 14.3 Å². The Hall–Kier alpha value is -0.940. The number of rotatable bonds is 4. The zero-order chi connectivity index (χ0) is 17.7. The summed E-state index contributed by atoms with van der Waals surface area (Å²) in [6.45, 7) is 7.80. The van der Waals surface area contributed by atoms with Gasteiger partial charge in [-0.3, -0.25) is 0 Å². The number of amides is 1. The van der Waals surface area contributed by atoms with E-state index in [0.29, 0.717) is 23.3 Å². The monoisotopic (exact) mass is 417 g/mol. The molecule has 1 fully saturated rings. The molecule has 1 aliphatic heterocycles. The molecule has 1 amide bonds. The highest BCUT2D eigenvalue weighted by Gasteiger charge is 2.26. The lowest BCUT2D eigenvalue weighted by molar-refractivity contribution is 0.0177. The van der Waals surface area contributed by atoms with Gasteiger partial charge in [0.15, 0.2) is 0 Å². The van der Waals surface area contributed by atoms with Crippen molar-refractivity contribution in [2.45, 2.75) is 45.6 Å². The van der Waals surface area contributed by atoms with Crippen LogP contribution in [0.5, 0.6) is 5.75 Å². The molecule has 2 rings (SSSR count). The summed E-state index contributed by atoms with van der Waals surface area (Å²) in [5, 5.41) is 0.623. The second kappa shape index (κ2) is 8.43. The molecule has 0 aromatic heterocycles. The van der Waals surface area contributed by atoms with Gasteiger partial charge in [-0.25, -0.2) is 4.79 Å². The van der Waals surface area contributed by atoms with Crippen LogP contribution in [-0.2, 0) is 4.74 Å². The normalized spacial score (nSPS) is 16.1. The first-order valence-corrected chi connectivity index (χ1v) is 9.47. The van der Waals surface area contributed by atoms with Crippen LogP contribution < -0.4 is 4.74 Å². The molecule has 4 nitrogen and oxygen atoms in total. The van der Waals surface area contributed by atoms with Crippen LogP contribution in [-0.4, -0.2) is 36.3 Å². The fourth-order valence-corrected chi connectivity index (χ4v) is 3.17. The Morgan fingerprint density at radius 2 is 2.00 bits per heavy atom. The van der Waals surface area contributed by atoms with E-state index < -0.39 is 5.60 Å². The molecule has 1 saturated heterocycles. The molecule has 0 atom stereocenters. The van der Waals surface area contributed by atoms with Gasteiger partial charge in [-0.2, -0.15) is 0 Å². The van der Waals surface area contributed by atoms with Crippen molar-refractivity contribution in [3.8, 4) is 5.75 Å². The molecule has 0 saturated carbocycles. The highest BCUT2D eigenvalue weighted by Crippen LogP contribution is 2.29. The second-order valence-electron chi connectivity index (χ2n) is 7.12. The van der Waals surface area contributed by atoms with Crippen molar-refractivity contribution in [3.05, 3.63) is 27.7 Å². The average molecular weight is 419 g/mol. The third-order valence-electron chi connectivity index (χ3n) is 3.94. The van der Waals surface area contributed by atoms with Gasteiger partial charge in [-0.05, 0) is 64.2 Å². The number of benzene rings is 1. The maximum absolute atomic E-state index is 12.0. The number of carbonyl (C=O) groups is 1. The van der Waals surface area contributed by atoms with Crippen LogP contribution in [0.4, 0.5) is 4.79 Å². The van der Waals surface area contributed by atoms with Crippen LogP contribution in [0.25, 0.3) is 0 Å². The minimum Gasteiger partial charge on any atom is -0.492 e. The number of carbonyl (C=O) groups excluding carboxylic acids is 1. The van der Waals surface area contributed by atoms with E-state index in [1.165, 1.54) is 0 Å². The number of nitrogens with zero attached hydrogens (tertiary/aromatic N) is 1. The third-order valence-corrected chi connectivity index (χ3v) is 4.75. The molecule has 24 heavy (non-hydrogen) atoms. The summed E-state index contributed by atoms with van der Waals surface area (Å²) in [4.78, 5) is 13.8. The lowest BCUT2D eigenvalue weighted by Crippen LogP contribution is -2.41. The molecule has 1 aromatic carbocycles. The van der Waals surface area contributed by atoms with Crippen molar-refractivity contribution in [2.24, 2.45) is 5.92 Å². The van der Waals surface area contributed by atoms with Crippen LogP contribution >= 0.6 is 27.5 Å². The SMILES string of the molecule is CC(C)(C)OC(=O)N1CCC(CCOc2cc(Br)ccc2Cl)CC1. The van der Waals surface area contributed by atoms with E-state index >= 15 is 0 Å². The van der Waals surface area contributed by atoms with Crippen LogP contribution in [0.3, 0.4) is 0 Å². The summed E-state index contributed by atoms with van der Waals surface area (Å²) in [5.74, 6) is 1.27. The number of halogens is 2. The molecule has 6 heteroatoms. The Labute approximate surface area is 157 Å². The van der Waals surface area contributed by atoms with E-state index in [2.05, 4.69) is 15.9 Å². The van der Waals surface area contributed by atoms with E-state index in [1.54, 1.807) is 4.90 Å². The minimum absolute atomic E-state index is 0.210. The molecule has 0 spiro atoms. The van der Waals surface area contributed by atoms with Crippen molar-refractivity contribution >= 4 is 33.6 Å². The molecule has 0 aliphatic carbocycles. The van der Waals surface area contributed by atoms with Crippen molar-refractivity contribution in [1.82, 2.24) is 4.90 Å². The molecule has 1 aromatic rings. The largest absolute Gasteiger partial charge is 0.492 e. The number of hydrogen-bond donors (Lipinski definition) is 0. The number of ether oxygens (including phenoxy) is 2. The molecule has 0 unspecified atom stereocenters. The maximum Gasteiger partial charge on any atom is 0.410 e. The van der Waals surface area contributed by atoms with E-state index in [9.17, 15) is 4.79 Å². The first-order valence-electron chi connectivity index (χ1n) is 8.30. The highest BCUT2D eigenvalue weighted by atomic mass is 79.9. The first-order chi connectivity index (χ1) is 11.2. The summed E-state index contributed by atoms with van der Waals surface area (Å²) in [5.41, 5.74) is -0.439. The maximum atomic E-state index is 12.0. The Kier molecular flexibility index (Phi) is 6.81. The van der Waals surface area contributed by atoms with E-state index in [0.717, 1.165) is 36.8 Å². The van der Waals surface area contributed by atoms with Crippen molar-refractivity contribution in [2.75, 3.05) is 19.7 Å². The van der Waals surface area contributed by atoms with Gasteiger partial charge in [0.2, 0.25) is 0 Å². The molecule has 0 N–H and O–H groups in total. The predicted molar refractivity (Wildman–Crippen MR) is 99.8 cm³/mol. The molecule has 1 heterocycles.